The second-order valence-corrected chi connectivity index (χ2v) is 9.69. The van der Waals surface area contributed by atoms with Gasteiger partial charge in [-0.15, -0.1) is 0 Å². The highest BCUT2D eigenvalue weighted by atomic mass is 16.6. The molecule has 1 aliphatic heterocycles. The lowest BCUT2D eigenvalue weighted by atomic mass is 10.1. The number of piperidine rings is 1. The lowest BCUT2D eigenvalue weighted by Crippen LogP contribution is -2.43. The van der Waals surface area contributed by atoms with E-state index in [0.717, 1.165) is 29.7 Å². The zero-order chi connectivity index (χ0) is 25.0. The van der Waals surface area contributed by atoms with Crippen molar-refractivity contribution in [1.82, 2.24) is 14.7 Å². The van der Waals surface area contributed by atoms with Crippen LogP contribution in [-0.2, 0) is 11.3 Å². The quantitative estimate of drug-likeness (QED) is 0.549. The number of ether oxygens (including phenoxy) is 2. The molecule has 8 heteroatoms. The maximum absolute atomic E-state index is 12.6. The molecule has 8 nitrogen and oxygen atoms in total. The number of rotatable bonds is 5. The first-order chi connectivity index (χ1) is 16.7. The van der Waals surface area contributed by atoms with Crippen LogP contribution in [0.1, 0.15) is 50.8 Å². The molecule has 0 radical (unpaired) electrons. The number of hydrogen-bond donors (Lipinski definition) is 1. The summed E-state index contributed by atoms with van der Waals surface area (Å²) in [6.45, 7) is 7.07. The van der Waals surface area contributed by atoms with Gasteiger partial charge < -0.3 is 20.1 Å². The Bertz CT molecular complexity index is 1210. The Labute approximate surface area is 205 Å². The number of amides is 1. The fraction of sp³-hybridized carbons (Fsp3) is 0.370. The Morgan fingerprint density at radius 3 is 2.54 bits per heavy atom. The van der Waals surface area contributed by atoms with Gasteiger partial charge in [-0.05, 0) is 63.4 Å². The Morgan fingerprint density at radius 2 is 1.89 bits per heavy atom. The molecule has 4 rings (SSSR count). The number of benzene rings is 2. The third-order valence-corrected chi connectivity index (χ3v) is 5.83. The van der Waals surface area contributed by atoms with Crippen molar-refractivity contribution in [3.63, 3.8) is 0 Å². The molecule has 2 heterocycles. The minimum atomic E-state index is -0.563. The molecule has 0 bridgehead atoms. The van der Waals surface area contributed by atoms with Gasteiger partial charge in [0.25, 0.3) is 0 Å². The van der Waals surface area contributed by atoms with Crippen LogP contribution < -0.4 is 10.5 Å². The van der Waals surface area contributed by atoms with Gasteiger partial charge in [0.15, 0.2) is 0 Å². The molecule has 2 N–H and O–H groups in total. The van der Waals surface area contributed by atoms with Crippen molar-refractivity contribution in [1.29, 1.82) is 5.26 Å². The summed E-state index contributed by atoms with van der Waals surface area (Å²) in [6.07, 6.45) is 1.26. The minimum Gasteiger partial charge on any atom is -0.489 e. The van der Waals surface area contributed by atoms with Crippen LogP contribution in [0.4, 0.5) is 10.6 Å². The third kappa shape index (κ3) is 5.75. The Hall–Kier alpha value is -3.99. The van der Waals surface area contributed by atoms with E-state index in [1.807, 2.05) is 75.4 Å². The van der Waals surface area contributed by atoms with Crippen LogP contribution in [0.25, 0.3) is 11.3 Å². The molecule has 0 aliphatic carbocycles. The maximum Gasteiger partial charge on any atom is 0.410 e. The van der Waals surface area contributed by atoms with Gasteiger partial charge in [0.2, 0.25) is 0 Å². The molecule has 1 atom stereocenters. The van der Waals surface area contributed by atoms with Crippen molar-refractivity contribution in [2.24, 2.45) is 0 Å². The fourth-order valence-electron chi connectivity index (χ4n) is 4.13. The molecule has 0 saturated carbocycles. The van der Waals surface area contributed by atoms with Gasteiger partial charge in [-0.25, -0.2) is 9.48 Å². The summed E-state index contributed by atoms with van der Waals surface area (Å²) >= 11 is 0. The number of nitrogens with zero attached hydrogens (tertiary/aromatic N) is 4. The lowest BCUT2D eigenvalue weighted by Gasteiger charge is -2.34. The van der Waals surface area contributed by atoms with Gasteiger partial charge >= 0.3 is 6.09 Å². The fourth-order valence-corrected chi connectivity index (χ4v) is 4.13. The second-order valence-electron chi connectivity index (χ2n) is 9.69. The third-order valence-electron chi connectivity index (χ3n) is 5.83. The number of anilines is 1. The smallest absolute Gasteiger partial charge is 0.410 e. The number of nitriles is 1. The molecule has 1 amide bonds. The average molecular weight is 474 g/mol. The van der Waals surface area contributed by atoms with Gasteiger partial charge in [-0.3, -0.25) is 0 Å². The Morgan fingerprint density at radius 1 is 1.17 bits per heavy atom. The number of aromatic nitrogens is 2. The molecule has 2 aromatic carbocycles. The van der Waals surface area contributed by atoms with Crippen molar-refractivity contribution in [3.05, 3.63) is 65.7 Å². The standard InChI is InChI=1S/C27H31N5O3/c1-27(2,3)35-26(33)31-15-7-10-21(17-31)32-25(29)23(16-28)24(30-32)20-11-13-22(14-12-20)34-18-19-8-5-4-6-9-19/h4-6,8-9,11-14,21H,7,10,15,17-18,29H2,1-3H3. The normalized spacial score (nSPS) is 15.9. The molecular formula is C27H31N5O3. The van der Waals surface area contributed by atoms with Crippen molar-refractivity contribution < 1.29 is 14.3 Å². The van der Waals surface area contributed by atoms with Crippen LogP contribution in [0.5, 0.6) is 5.75 Å². The molecule has 3 aromatic rings. The predicted octanol–water partition coefficient (Wildman–Crippen LogP) is 5.15. The largest absolute Gasteiger partial charge is 0.489 e. The van der Waals surface area contributed by atoms with Crippen molar-refractivity contribution in [2.75, 3.05) is 18.8 Å². The Balaban J connectivity index is 1.51. The van der Waals surface area contributed by atoms with E-state index >= 15 is 0 Å². The van der Waals surface area contributed by atoms with Crippen LogP contribution in [-0.4, -0.2) is 39.5 Å². The van der Waals surface area contributed by atoms with E-state index in [1.54, 1.807) is 9.58 Å². The van der Waals surface area contributed by atoms with Gasteiger partial charge in [-0.2, -0.15) is 10.4 Å². The van der Waals surface area contributed by atoms with E-state index in [0.29, 0.717) is 36.8 Å². The van der Waals surface area contributed by atoms with Gasteiger partial charge in [-0.1, -0.05) is 30.3 Å². The summed E-state index contributed by atoms with van der Waals surface area (Å²) in [5.41, 5.74) is 8.52. The van der Waals surface area contributed by atoms with Crippen LogP contribution in [0, 0.1) is 11.3 Å². The minimum absolute atomic E-state index is 0.134. The highest BCUT2D eigenvalue weighted by Crippen LogP contribution is 2.32. The summed E-state index contributed by atoms with van der Waals surface area (Å²) in [5, 5.41) is 14.5. The summed E-state index contributed by atoms with van der Waals surface area (Å²) in [4.78, 5) is 14.3. The van der Waals surface area contributed by atoms with Crippen LogP contribution >= 0.6 is 0 Å². The van der Waals surface area contributed by atoms with Crippen LogP contribution in [0.3, 0.4) is 0 Å². The van der Waals surface area contributed by atoms with E-state index in [2.05, 4.69) is 6.07 Å². The maximum atomic E-state index is 12.6. The number of carbonyl (C=O) groups excluding carboxylic acids is 1. The molecule has 35 heavy (non-hydrogen) atoms. The van der Waals surface area contributed by atoms with Crippen molar-refractivity contribution in [3.8, 4) is 23.1 Å². The van der Waals surface area contributed by atoms with E-state index in [4.69, 9.17) is 20.3 Å². The lowest BCUT2D eigenvalue weighted by molar-refractivity contribution is 0.0168. The molecular weight excluding hydrogens is 442 g/mol. The molecule has 1 saturated heterocycles. The number of hydrogen-bond acceptors (Lipinski definition) is 6. The van der Waals surface area contributed by atoms with Gasteiger partial charge in [0.1, 0.15) is 41.1 Å². The van der Waals surface area contributed by atoms with Gasteiger partial charge in [0, 0.05) is 18.7 Å². The molecule has 0 spiro atoms. The monoisotopic (exact) mass is 473 g/mol. The van der Waals surface area contributed by atoms with Crippen molar-refractivity contribution >= 4 is 11.9 Å². The molecule has 182 valence electrons. The van der Waals surface area contributed by atoms with Crippen LogP contribution in [0.15, 0.2) is 54.6 Å². The van der Waals surface area contributed by atoms with E-state index in [9.17, 15) is 10.1 Å². The van der Waals surface area contributed by atoms with E-state index in [1.165, 1.54) is 0 Å². The summed E-state index contributed by atoms with van der Waals surface area (Å²) in [5.74, 6) is 1.03. The predicted molar refractivity (Wildman–Crippen MR) is 134 cm³/mol. The summed E-state index contributed by atoms with van der Waals surface area (Å²) < 4.78 is 13.1. The first-order valence-electron chi connectivity index (χ1n) is 11.8. The van der Waals surface area contributed by atoms with Gasteiger partial charge in [0.05, 0.1) is 6.04 Å². The average Bonchev–Trinajstić information content (AvgIpc) is 3.19. The highest BCUT2D eigenvalue weighted by Gasteiger charge is 2.31. The van der Waals surface area contributed by atoms with E-state index in [-0.39, 0.29) is 12.1 Å². The number of nitrogen functional groups attached to an aromatic ring is 1. The topological polar surface area (TPSA) is 106 Å². The zero-order valence-corrected chi connectivity index (χ0v) is 20.4. The first kappa shape index (κ1) is 24.1. The zero-order valence-electron chi connectivity index (χ0n) is 20.4. The summed E-state index contributed by atoms with van der Waals surface area (Å²) in [6, 6.07) is 19.5. The Kier molecular flexibility index (Phi) is 6.97. The molecule has 1 fully saturated rings. The summed E-state index contributed by atoms with van der Waals surface area (Å²) in [7, 11) is 0. The molecule has 1 aliphatic rings. The second kappa shape index (κ2) is 10.1. The van der Waals surface area contributed by atoms with E-state index < -0.39 is 5.60 Å². The highest BCUT2D eigenvalue weighted by molar-refractivity contribution is 5.73. The number of nitrogens with two attached hydrogens (primary N) is 1. The number of carbonyl (C=O) groups is 1. The number of likely N-dealkylation sites (tertiary alicyclic amines) is 1. The van der Waals surface area contributed by atoms with Crippen LogP contribution in [0.2, 0.25) is 0 Å². The molecule has 1 aromatic heterocycles. The SMILES string of the molecule is CC(C)(C)OC(=O)N1CCCC(n2nc(-c3ccc(OCc4ccccc4)cc3)c(C#N)c2N)C1. The molecule has 1 unspecified atom stereocenters. The van der Waals surface area contributed by atoms with Crippen molar-refractivity contribution in [2.45, 2.75) is 51.9 Å². The first-order valence-corrected chi connectivity index (χ1v) is 11.8.